The molecule has 1 aliphatic heterocycles. The first-order valence-electron chi connectivity index (χ1n) is 6.49. The lowest BCUT2D eigenvalue weighted by atomic mass is 9.96. The van der Waals surface area contributed by atoms with Crippen LogP contribution in [0.15, 0.2) is 24.3 Å². The molecule has 1 unspecified atom stereocenters. The molecule has 0 bridgehead atoms. The number of phenols is 1. The Morgan fingerprint density at radius 1 is 1.39 bits per heavy atom. The van der Waals surface area contributed by atoms with Crippen LogP contribution >= 0.6 is 0 Å². The minimum Gasteiger partial charge on any atom is -0.508 e. The molecule has 0 aliphatic carbocycles. The van der Waals surface area contributed by atoms with Gasteiger partial charge in [0.15, 0.2) is 0 Å². The van der Waals surface area contributed by atoms with Crippen LogP contribution in [0, 0.1) is 5.92 Å². The highest BCUT2D eigenvalue weighted by atomic mass is 16.3. The van der Waals surface area contributed by atoms with E-state index in [4.69, 9.17) is 5.11 Å². The Morgan fingerprint density at radius 3 is 2.83 bits per heavy atom. The Morgan fingerprint density at radius 2 is 2.17 bits per heavy atom. The second kappa shape index (κ2) is 6.40. The lowest BCUT2D eigenvalue weighted by Crippen LogP contribution is -2.34. The summed E-state index contributed by atoms with van der Waals surface area (Å²) < 4.78 is 0. The molecule has 1 aliphatic rings. The second-order valence-electron chi connectivity index (χ2n) is 4.86. The predicted octanol–water partition coefficient (Wildman–Crippen LogP) is 1.40. The van der Waals surface area contributed by atoms with Crippen molar-refractivity contribution in [2.45, 2.75) is 25.8 Å². The van der Waals surface area contributed by atoms with E-state index >= 15 is 0 Å². The van der Waals surface area contributed by atoms with Gasteiger partial charge in [-0.1, -0.05) is 12.1 Å². The molecule has 3 N–H and O–H groups in total. The van der Waals surface area contributed by atoms with E-state index in [0.29, 0.717) is 18.9 Å². The summed E-state index contributed by atoms with van der Waals surface area (Å²) in [4.78, 5) is 11.8. The number of hydrogen-bond donors (Lipinski definition) is 3. The molecular weight excluding hydrogens is 228 g/mol. The number of amides is 1. The van der Waals surface area contributed by atoms with Gasteiger partial charge in [-0.05, 0) is 49.5 Å². The molecule has 18 heavy (non-hydrogen) atoms. The van der Waals surface area contributed by atoms with E-state index in [1.807, 2.05) is 12.1 Å². The molecule has 98 valence electrons. The zero-order chi connectivity index (χ0) is 12.8. The van der Waals surface area contributed by atoms with Crippen LogP contribution in [0.2, 0.25) is 0 Å². The quantitative estimate of drug-likeness (QED) is 0.754. The lowest BCUT2D eigenvalue weighted by molar-refractivity contribution is -0.122. The van der Waals surface area contributed by atoms with Gasteiger partial charge in [-0.25, -0.2) is 0 Å². The molecule has 0 spiro atoms. The largest absolute Gasteiger partial charge is 0.508 e. The molecule has 1 fully saturated rings. The van der Waals surface area contributed by atoms with Crippen molar-refractivity contribution in [3.05, 3.63) is 29.8 Å². The fraction of sp³-hybridized carbons (Fsp3) is 0.500. The molecule has 1 aromatic rings. The molecule has 4 nitrogen and oxygen atoms in total. The number of carbonyl (C=O) groups is 1. The average molecular weight is 248 g/mol. The lowest BCUT2D eigenvalue weighted by Gasteiger charge is -2.22. The van der Waals surface area contributed by atoms with Crippen LogP contribution in [0.1, 0.15) is 24.8 Å². The van der Waals surface area contributed by atoms with Crippen LogP contribution in [-0.4, -0.2) is 24.1 Å². The fourth-order valence-electron chi connectivity index (χ4n) is 2.25. The summed E-state index contributed by atoms with van der Waals surface area (Å²) in [6, 6.07) is 6.90. The Kier molecular flexibility index (Phi) is 4.59. The van der Waals surface area contributed by atoms with Gasteiger partial charge in [-0.15, -0.1) is 0 Å². The number of rotatable bonds is 4. The van der Waals surface area contributed by atoms with Gasteiger partial charge in [0.2, 0.25) is 5.91 Å². The van der Waals surface area contributed by atoms with Crippen molar-refractivity contribution in [3.63, 3.8) is 0 Å². The van der Waals surface area contributed by atoms with E-state index in [0.717, 1.165) is 31.5 Å². The Bertz CT molecular complexity index is 383. The number of aromatic hydroxyl groups is 1. The first-order chi connectivity index (χ1) is 8.74. The number of carbonyl (C=O) groups excluding carboxylic acids is 1. The second-order valence-corrected chi connectivity index (χ2v) is 4.86. The van der Waals surface area contributed by atoms with Gasteiger partial charge >= 0.3 is 0 Å². The number of benzene rings is 1. The van der Waals surface area contributed by atoms with Crippen molar-refractivity contribution in [2.75, 3.05) is 13.1 Å². The van der Waals surface area contributed by atoms with Crippen molar-refractivity contribution < 1.29 is 9.90 Å². The normalized spacial score (nSPS) is 19.4. The number of nitrogens with one attached hydrogen (secondary N) is 2. The van der Waals surface area contributed by atoms with Gasteiger partial charge < -0.3 is 15.7 Å². The zero-order valence-corrected chi connectivity index (χ0v) is 10.5. The van der Waals surface area contributed by atoms with Crippen LogP contribution in [0.4, 0.5) is 0 Å². The van der Waals surface area contributed by atoms with Gasteiger partial charge in [0, 0.05) is 13.0 Å². The van der Waals surface area contributed by atoms with E-state index in [-0.39, 0.29) is 11.7 Å². The fourth-order valence-corrected chi connectivity index (χ4v) is 2.25. The highest BCUT2D eigenvalue weighted by Gasteiger charge is 2.16. The van der Waals surface area contributed by atoms with Crippen LogP contribution in [-0.2, 0) is 11.3 Å². The molecule has 1 amide bonds. The summed E-state index contributed by atoms with van der Waals surface area (Å²) in [5.74, 6) is 0.827. The molecule has 1 aromatic carbocycles. The molecule has 0 aromatic heterocycles. The number of phenolic OH excluding ortho intramolecular Hbond substituents is 1. The van der Waals surface area contributed by atoms with E-state index in [1.165, 1.54) is 0 Å². The topological polar surface area (TPSA) is 61.4 Å². The summed E-state index contributed by atoms with van der Waals surface area (Å²) in [6.45, 7) is 2.55. The first kappa shape index (κ1) is 12.9. The van der Waals surface area contributed by atoms with Crippen LogP contribution in [0.3, 0.4) is 0 Å². The van der Waals surface area contributed by atoms with Gasteiger partial charge in [0.1, 0.15) is 5.75 Å². The first-order valence-corrected chi connectivity index (χ1v) is 6.49. The van der Waals surface area contributed by atoms with Crippen molar-refractivity contribution in [3.8, 4) is 5.75 Å². The molecule has 4 heteroatoms. The summed E-state index contributed by atoms with van der Waals surface area (Å²) in [7, 11) is 0. The van der Waals surface area contributed by atoms with Crippen LogP contribution in [0.5, 0.6) is 5.75 Å². The summed E-state index contributed by atoms with van der Waals surface area (Å²) in [5, 5.41) is 15.4. The van der Waals surface area contributed by atoms with Gasteiger partial charge in [0.25, 0.3) is 0 Å². The van der Waals surface area contributed by atoms with E-state index < -0.39 is 0 Å². The maximum Gasteiger partial charge on any atom is 0.220 e. The minimum atomic E-state index is 0.108. The van der Waals surface area contributed by atoms with Crippen molar-refractivity contribution in [1.82, 2.24) is 10.6 Å². The van der Waals surface area contributed by atoms with Crippen LogP contribution < -0.4 is 10.6 Å². The van der Waals surface area contributed by atoms with E-state index in [9.17, 15) is 4.79 Å². The number of piperidine rings is 1. The highest BCUT2D eigenvalue weighted by molar-refractivity contribution is 5.76. The van der Waals surface area contributed by atoms with Crippen LogP contribution in [0.25, 0.3) is 0 Å². The Labute approximate surface area is 107 Å². The molecule has 0 radical (unpaired) electrons. The van der Waals surface area contributed by atoms with Crippen molar-refractivity contribution >= 4 is 5.91 Å². The molecule has 1 saturated heterocycles. The van der Waals surface area contributed by atoms with Gasteiger partial charge in [0.05, 0.1) is 0 Å². The Hall–Kier alpha value is -1.55. The molecular formula is C14H20N2O2. The van der Waals surface area contributed by atoms with Gasteiger partial charge in [-0.2, -0.15) is 0 Å². The molecule has 1 heterocycles. The van der Waals surface area contributed by atoms with Gasteiger partial charge in [-0.3, -0.25) is 4.79 Å². The molecule has 1 atom stereocenters. The summed E-state index contributed by atoms with van der Waals surface area (Å²) in [5.41, 5.74) is 1.00. The third-order valence-electron chi connectivity index (χ3n) is 3.30. The highest BCUT2D eigenvalue weighted by Crippen LogP contribution is 2.14. The monoisotopic (exact) mass is 248 g/mol. The standard InChI is InChI=1S/C14H20N2O2/c17-13-5-3-11(4-6-13)10-16-14(18)8-12-2-1-7-15-9-12/h3-6,12,15,17H,1-2,7-10H2,(H,16,18). The third kappa shape index (κ3) is 4.04. The third-order valence-corrected chi connectivity index (χ3v) is 3.30. The smallest absolute Gasteiger partial charge is 0.220 e. The van der Waals surface area contributed by atoms with E-state index in [2.05, 4.69) is 10.6 Å². The Balaban J connectivity index is 1.72. The zero-order valence-electron chi connectivity index (χ0n) is 10.5. The molecule has 0 saturated carbocycles. The minimum absolute atomic E-state index is 0.108. The predicted molar refractivity (Wildman–Crippen MR) is 70.2 cm³/mol. The van der Waals surface area contributed by atoms with Crippen molar-refractivity contribution in [2.24, 2.45) is 5.92 Å². The maximum absolute atomic E-state index is 11.8. The molecule has 2 rings (SSSR count). The van der Waals surface area contributed by atoms with Crippen molar-refractivity contribution in [1.29, 1.82) is 0 Å². The van der Waals surface area contributed by atoms with E-state index in [1.54, 1.807) is 12.1 Å². The average Bonchev–Trinajstić information content (AvgIpc) is 2.39. The summed E-state index contributed by atoms with van der Waals surface area (Å²) >= 11 is 0. The SMILES string of the molecule is O=C(CC1CCCNC1)NCc1ccc(O)cc1. The summed E-state index contributed by atoms with van der Waals surface area (Å²) in [6.07, 6.45) is 2.90. The number of hydrogen-bond acceptors (Lipinski definition) is 3. The maximum atomic E-state index is 11.8.